The zero-order valence-electron chi connectivity index (χ0n) is 13.0. The molecule has 0 aliphatic carbocycles. The van der Waals surface area contributed by atoms with Gasteiger partial charge in [-0.2, -0.15) is 0 Å². The van der Waals surface area contributed by atoms with E-state index in [1.54, 1.807) is 14.2 Å². The maximum atomic E-state index is 6.02. The summed E-state index contributed by atoms with van der Waals surface area (Å²) >= 11 is 0. The van der Waals surface area contributed by atoms with Gasteiger partial charge in [-0.05, 0) is 18.9 Å². The Labute approximate surface area is 122 Å². The third-order valence-corrected chi connectivity index (χ3v) is 3.47. The Morgan fingerprint density at radius 3 is 2.50 bits per heavy atom. The van der Waals surface area contributed by atoms with Crippen molar-refractivity contribution in [1.29, 1.82) is 0 Å². The molecule has 1 aromatic carbocycles. The van der Waals surface area contributed by atoms with Gasteiger partial charge in [0.1, 0.15) is 0 Å². The zero-order chi connectivity index (χ0) is 14.8. The molecule has 0 aliphatic rings. The maximum Gasteiger partial charge on any atom is 0.0589 e. The van der Waals surface area contributed by atoms with E-state index in [2.05, 4.69) is 36.1 Å². The average molecular weight is 280 g/mol. The summed E-state index contributed by atoms with van der Waals surface area (Å²) in [6.45, 7) is 6.06. The van der Waals surface area contributed by atoms with Gasteiger partial charge in [0.25, 0.3) is 0 Å². The van der Waals surface area contributed by atoms with E-state index in [0.717, 1.165) is 32.7 Å². The Bertz CT molecular complexity index is 371. The molecule has 0 bridgehead atoms. The monoisotopic (exact) mass is 280 g/mol. The van der Waals surface area contributed by atoms with Crippen molar-refractivity contribution in [3.63, 3.8) is 0 Å². The van der Waals surface area contributed by atoms with Gasteiger partial charge >= 0.3 is 0 Å². The summed E-state index contributed by atoms with van der Waals surface area (Å²) in [4.78, 5) is 2.39. The molecule has 0 aromatic heterocycles. The number of aryl methyl sites for hydroxylation is 1. The van der Waals surface area contributed by atoms with Crippen molar-refractivity contribution in [2.24, 2.45) is 5.73 Å². The molecule has 0 saturated carbocycles. The Balaban J connectivity index is 2.77. The molecule has 1 aromatic rings. The van der Waals surface area contributed by atoms with Crippen LogP contribution in [0.25, 0.3) is 0 Å². The van der Waals surface area contributed by atoms with Gasteiger partial charge < -0.3 is 15.2 Å². The molecule has 0 fully saturated rings. The lowest BCUT2D eigenvalue weighted by Crippen LogP contribution is -2.37. The predicted octanol–water partition coefficient (Wildman–Crippen LogP) is 1.98. The largest absolute Gasteiger partial charge is 0.385 e. The van der Waals surface area contributed by atoms with E-state index in [0.29, 0.717) is 6.54 Å². The molecule has 0 spiro atoms. The van der Waals surface area contributed by atoms with Crippen LogP contribution in [0, 0.1) is 6.92 Å². The fourth-order valence-electron chi connectivity index (χ4n) is 2.42. The standard InChI is InChI=1S/C16H28N2O2/c1-14-6-4-7-15(12-14)16(13-17)18(9-11-20-3)8-5-10-19-2/h4,6-7,12,16H,5,8-11,13,17H2,1-3H3. The van der Waals surface area contributed by atoms with E-state index in [4.69, 9.17) is 15.2 Å². The van der Waals surface area contributed by atoms with Gasteiger partial charge in [-0.1, -0.05) is 29.8 Å². The first kappa shape index (κ1) is 17.1. The molecule has 1 rings (SSSR count). The number of methoxy groups -OCH3 is 2. The molecule has 0 aliphatic heterocycles. The summed E-state index contributed by atoms with van der Waals surface area (Å²) in [7, 11) is 3.47. The van der Waals surface area contributed by atoms with Crippen LogP contribution >= 0.6 is 0 Å². The molecule has 0 amide bonds. The van der Waals surface area contributed by atoms with Crippen molar-refractivity contribution in [2.45, 2.75) is 19.4 Å². The number of nitrogens with zero attached hydrogens (tertiary/aromatic N) is 1. The molecule has 1 unspecified atom stereocenters. The predicted molar refractivity (Wildman–Crippen MR) is 82.9 cm³/mol. The molecule has 4 nitrogen and oxygen atoms in total. The van der Waals surface area contributed by atoms with E-state index in [1.165, 1.54) is 11.1 Å². The maximum absolute atomic E-state index is 6.02. The van der Waals surface area contributed by atoms with Crippen LogP contribution in [0.15, 0.2) is 24.3 Å². The van der Waals surface area contributed by atoms with Gasteiger partial charge in [0, 0.05) is 46.5 Å². The number of hydrogen-bond donors (Lipinski definition) is 1. The topological polar surface area (TPSA) is 47.7 Å². The molecule has 0 saturated heterocycles. The van der Waals surface area contributed by atoms with Crippen LogP contribution in [-0.4, -0.2) is 52.0 Å². The lowest BCUT2D eigenvalue weighted by Gasteiger charge is -2.31. The number of nitrogens with two attached hydrogens (primary N) is 1. The van der Waals surface area contributed by atoms with E-state index in [1.807, 2.05) is 0 Å². The zero-order valence-corrected chi connectivity index (χ0v) is 13.0. The number of benzene rings is 1. The first-order valence-electron chi connectivity index (χ1n) is 7.21. The van der Waals surface area contributed by atoms with Gasteiger partial charge in [-0.3, -0.25) is 4.90 Å². The first-order valence-corrected chi connectivity index (χ1v) is 7.21. The highest BCUT2D eigenvalue weighted by molar-refractivity contribution is 5.25. The van der Waals surface area contributed by atoms with Gasteiger partial charge in [0.2, 0.25) is 0 Å². The Kier molecular flexibility index (Phi) is 8.46. The molecular formula is C16H28N2O2. The van der Waals surface area contributed by atoms with Crippen LogP contribution in [0.5, 0.6) is 0 Å². The first-order chi connectivity index (χ1) is 9.72. The second-order valence-corrected chi connectivity index (χ2v) is 5.04. The molecule has 4 heteroatoms. The van der Waals surface area contributed by atoms with E-state index in [-0.39, 0.29) is 6.04 Å². The average Bonchev–Trinajstić information content (AvgIpc) is 2.45. The second kappa shape index (κ2) is 9.88. The minimum Gasteiger partial charge on any atom is -0.385 e. The highest BCUT2D eigenvalue weighted by Gasteiger charge is 2.18. The smallest absolute Gasteiger partial charge is 0.0589 e. The Hall–Kier alpha value is -0.940. The summed E-state index contributed by atoms with van der Waals surface area (Å²) < 4.78 is 10.4. The van der Waals surface area contributed by atoms with Crippen molar-refractivity contribution in [3.8, 4) is 0 Å². The quantitative estimate of drug-likeness (QED) is 0.666. The van der Waals surface area contributed by atoms with Crippen molar-refractivity contribution < 1.29 is 9.47 Å². The van der Waals surface area contributed by atoms with Gasteiger partial charge in [0.05, 0.1) is 6.61 Å². The van der Waals surface area contributed by atoms with Crippen molar-refractivity contribution >= 4 is 0 Å². The fourth-order valence-corrected chi connectivity index (χ4v) is 2.42. The summed E-state index contributed by atoms with van der Waals surface area (Å²) in [6.07, 6.45) is 1.00. The van der Waals surface area contributed by atoms with Crippen LogP contribution in [-0.2, 0) is 9.47 Å². The van der Waals surface area contributed by atoms with Gasteiger partial charge in [-0.15, -0.1) is 0 Å². The molecule has 0 heterocycles. The van der Waals surface area contributed by atoms with Crippen LogP contribution in [0.3, 0.4) is 0 Å². The fraction of sp³-hybridized carbons (Fsp3) is 0.625. The Morgan fingerprint density at radius 2 is 1.90 bits per heavy atom. The summed E-state index contributed by atoms with van der Waals surface area (Å²) in [5.74, 6) is 0. The van der Waals surface area contributed by atoms with Crippen LogP contribution in [0.1, 0.15) is 23.6 Å². The van der Waals surface area contributed by atoms with E-state index >= 15 is 0 Å². The minimum atomic E-state index is 0.238. The SMILES string of the molecule is COCCCN(CCOC)C(CN)c1cccc(C)c1. The highest BCUT2D eigenvalue weighted by Crippen LogP contribution is 2.20. The summed E-state index contributed by atoms with van der Waals surface area (Å²) in [5.41, 5.74) is 8.56. The highest BCUT2D eigenvalue weighted by atomic mass is 16.5. The van der Waals surface area contributed by atoms with Gasteiger partial charge in [0.15, 0.2) is 0 Å². The molecule has 2 N–H and O–H groups in total. The molecule has 0 radical (unpaired) electrons. The minimum absolute atomic E-state index is 0.238. The number of rotatable bonds is 10. The summed E-state index contributed by atoms with van der Waals surface area (Å²) in [5, 5.41) is 0. The second-order valence-electron chi connectivity index (χ2n) is 5.04. The van der Waals surface area contributed by atoms with Crippen molar-refractivity contribution in [3.05, 3.63) is 35.4 Å². The van der Waals surface area contributed by atoms with E-state index in [9.17, 15) is 0 Å². The van der Waals surface area contributed by atoms with Crippen LogP contribution in [0.2, 0.25) is 0 Å². The third kappa shape index (κ3) is 5.59. The molecule has 1 atom stereocenters. The normalized spacial score (nSPS) is 12.8. The van der Waals surface area contributed by atoms with E-state index < -0.39 is 0 Å². The summed E-state index contributed by atoms with van der Waals surface area (Å²) in [6, 6.07) is 8.81. The number of hydrogen-bond acceptors (Lipinski definition) is 4. The van der Waals surface area contributed by atoms with Crippen LogP contribution < -0.4 is 5.73 Å². The van der Waals surface area contributed by atoms with Crippen LogP contribution in [0.4, 0.5) is 0 Å². The molecule has 20 heavy (non-hydrogen) atoms. The number of ether oxygens (including phenoxy) is 2. The lowest BCUT2D eigenvalue weighted by molar-refractivity contribution is 0.108. The molecular weight excluding hydrogens is 252 g/mol. The Morgan fingerprint density at radius 1 is 1.15 bits per heavy atom. The van der Waals surface area contributed by atoms with Crippen molar-refractivity contribution in [2.75, 3.05) is 47.1 Å². The molecule has 114 valence electrons. The van der Waals surface area contributed by atoms with Gasteiger partial charge in [-0.25, -0.2) is 0 Å². The lowest BCUT2D eigenvalue weighted by atomic mass is 10.0. The van der Waals surface area contributed by atoms with Crippen molar-refractivity contribution in [1.82, 2.24) is 4.90 Å². The third-order valence-electron chi connectivity index (χ3n) is 3.47.